The van der Waals surface area contributed by atoms with Crippen molar-refractivity contribution in [3.8, 4) is 5.75 Å². The van der Waals surface area contributed by atoms with Crippen LogP contribution in [0.3, 0.4) is 0 Å². The van der Waals surface area contributed by atoms with Gasteiger partial charge >= 0.3 is 0 Å². The summed E-state index contributed by atoms with van der Waals surface area (Å²) < 4.78 is 18.8. The monoisotopic (exact) mass is 349 g/mol. The molecule has 2 amide bonds. The van der Waals surface area contributed by atoms with Crippen molar-refractivity contribution in [2.45, 2.75) is 6.42 Å². The van der Waals surface area contributed by atoms with E-state index in [0.717, 1.165) is 13.0 Å². The maximum Gasteiger partial charge on any atom is 0.257 e. The predicted octanol–water partition coefficient (Wildman–Crippen LogP) is 1.28. The van der Waals surface area contributed by atoms with Crippen molar-refractivity contribution in [2.24, 2.45) is 0 Å². The number of hydrogen-bond acceptors (Lipinski definition) is 4. The Bertz CT molecular complexity index is 636. The van der Waals surface area contributed by atoms with Crippen LogP contribution in [0.2, 0.25) is 0 Å². The fraction of sp³-hybridized carbons (Fsp3) is 0.444. The lowest BCUT2D eigenvalue weighted by molar-refractivity contribution is -0.122. The SMILES string of the molecule is C=CCNC(=O)CN1CCCN(C(=O)c2cccc(F)c2OC)CC1. The Balaban J connectivity index is 1.98. The van der Waals surface area contributed by atoms with Crippen molar-refractivity contribution in [1.29, 1.82) is 0 Å². The van der Waals surface area contributed by atoms with Gasteiger partial charge in [0, 0.05) is 32.7 Å². The Kier molecular flexibility index (Phi) is 6.94. The van der Waals surface area contributed by atoms with Crippen LogP contribution in [0.5, 0.6) is 5.75 Å². The van der Waals surface area contributed by atoms with E-state index in [4.69, 9.17) is 4.74 Å². The van der Waals surface area contributed by atoms with Crippen molar-refractivity contribution in [2.75, 3.05) is 46.4 Å². The summed E-state index contributed by atoms with van der Waals surface area (Å²) >= 11 is 0. The third-order valence-electron chi connectivity index (χ3n) is 4.09. The van der Waals surface area contributed by atoms with Gasteiger partial charge in [-0.1, -0.05) is 12.1 Å². The van der Waals surface area contributed by atoms with Crippen molar-refractivity contribution < 1.29 is 18.7 Å². The molecule has 136 valence electrons. The summed E-state index contributed by atoms with van der Waals surface area (Å²) in [6, 6.07) is 4.33. The molecule has 0 unspecified atom stereocenters. The molecule has 1 aromatic rings. The Hall–Kier alpha value is -2.41. The molecule has 25 heavy (non-hydrogen) atoms. The van der Waals surface area contributed by atoms with Crippen LogP contribution in [0.25, 0.3) is 0 Å². The molecule has 1 fully saturated rings. The predicted molar refractivity (Wildman–Crippen MR) is 93.1 cm³/mol. The molecule has 1 aliphatic heterocycles. The highest BCUT2D eigenvalue weighted by Crippen LogP contribution is 2.24. The number of methoxy groups -OCH3 is 1. The van der Waals surface area contributed by atoms with Gasteiger partial charge in [0.1, 0.15) is 0 Å². The van der Waals surface area contributed by atoms with E-state index in [0.29, 0.717) is 32.7 Å². The van der Waals surface area contributed by atoms with Gasteiger partial charge in [0.15, 0.2) is 11.6 Å². The van der Waals surface area contributed by atoms with E-state index >= 15 is 0 Å². The van der Waals surface area contributed by atoms with Gasteiger partial charge < -0.3 is 15.0 Å². The summed E-state index contributed by atoms with van der Waals surface area (Å²) in [6.45, 7) is 6.65. The number of hydrogen-bond donors (Lipinski definition) is 1. The number of amides is 2. The van der Waals surface area contributed by atoms with Crippen LogP contribution in [0.4, 0.5) is 4.39 Å². The lowest BCUT2D eigenvalue weighted by atomic mass is 10.1. The second-order valence-electron chi connectivity index (χ2n) is 5.84. The van der Waals surface area contributed by atoms with Gasteiger partial charge in [-0.3, -0.25) is 14.5 Å². The van der Waals surface area contributed by atoms with E-state index < -0.39 is 5.82 Å². The first-order valence-corrected chi connectivity index (χ1v) is 8.28. The molecule has 1 aromatic carbocycles. The van der Waals surface area contributed by atoms with E-state index in [-0.39, 0.29) is 23.1 Å². The van der Waals surface area contributed by atoms with Crippen LogP contribution < -0.4 is 10.1 Å². The minimum Gasteiger partial charge on any atom is -0.493 e. The molecule has 6 nitrogen and oxygen atoms in total. The summed E-state index contributed by atoms with van der Waals surface area (Å²) in [5, 5.41) is 2.74. The number of nitrogens with one attached hydrogen (secondary N) is 1. The molecule has 0 spiro atoms. The summed E-state index contributed by atoms with van der Waals surface area (Å²) in [5.74, 6) is -0.901. The maximum absolute atomic E-state index is 13.8. The summed E-state index contributed by atoms with van der Waals surface area (Å²) in [4.78, 5) is 28.2. The average molecular weight is 349 g/mol. The highest BCUT2D eigenvalue weighted by atomic mass is 19.1. The minimum absolute atomic E-state index is 0.0302. The smallest absolute Gasteiger partial charge is 0.257 e. The number of halogens is 1. The summed E-state index contributed by atoms with van der Waals surface area (Å²) in [7, 11) is 1.35. The first-order chi connectivity index (χ1) is 12.1. The van der Waals surface area contributed by atoms with Crippen molar-refractivity contribution >= 4 is 11.8 Å². The van der Waals surface area contributed by atoms with Crippen LogP contribution in [0.1, 0.15) is 16.8 Å². The highest BCUT2D eigenvalue weighted by Gasteiger charge is 2.24. The molecule has 2 rings (SSSR count). The van der Waals surface area contributed by atoms with Crippen LogP contribution in [-0.2, 0) is 4.79 Å². The van der Waals surface area contributed by atoms with Crippen molar-refractivity contribution in [3.05, 3.63) is 42.2 Å². The lowest BCUT2D eigenvalue weighted by Gasteiger charge is -2.22. The largest absolute Gasteiger partial charge is 0.493 e. The highest BCUT2D eigenvalue weighted by molar-refractivity contribution is 5.97. The molecular formula is C18H24FN3O3. The minimum atomic E-state index is -0.552. The first kappa shape index (κ1) is 18.9. The fourth-order valence-electron chi connectivity index (χ4n) is 2.83. The van der Waals surface area contributed by atoms with Gasteiger partial charge in [-0.15, -0.1) is 6.58 Å². The summed E-state index contributed by atoms with van der Waals surface area (Å²) in [5.41, 5.74) is 0.222. The standard InChI is InChI=1S/C18H24FN3O3/c1-3-8-20-16(23)13-21-9-5-10-22(12-11-21)18(24)14-6-4-7-15(19)17(14)25-2/h3-4,6-7H,1,5,8-13H2,2H3,(H,20,23). The molecule has 7 heteroatoms. The van der Waals surface area contributed by atoms with Crippen LogP contribution in [0, 0.1) is 5.82 Å². The van der Waals surface area contributed by atoms with Gasteiger partial charge in [-0.05, 0) is 18.6 Å². The topological polar surface area (TPSA) is 61.9 Å². The molecule has 1 aliphatic rings. The van der Waals surface area contributed by atoms with E-state index in [1.165, 1.54) is 19.2 Å². The normalized spacial score (nSPS) is 15.4. The van der Waals surface area contributed by atoms with Crippen molar-refractivity contribution in [1.82, 2.24) is 15.1 Å². The van der Waals surface area contributed by atoms with E-state index in [1.807, 2.05) is 4.90 Å². The van der Waals surface area contributed by atoms with Gasteiger partial charge in [0.2, 0.25) is 5.91 Å². The van der Waals surface area contributed by atoms with Crippen molar-refractivity contribution in [3.63, 3.8) is 0 Å². The zero-order chi connectivity index (χ0) is 18.2. The molecule has 1 N–H and O–H groups in total. The second-order valence-corrected chi connectivity index (χ2v) is 5.84. The molecule has 1 saturated heterocycles. The molecular weight excluding hydrogens is 325 g/mol. The number of para-hydroxylation sites is 1. The molecule has 0 aromatic heterocycles. The Morgan fingerprint density at radius 1 is 1.32 bits per heavy atom. The number of rotatable bonds is 6. The Morgan fingerprint density at radius 3 is 2.84 bits per heavy atom. The molecule has 0 radical (unpaired) electrons. The number of nitrogens with zero attached hydrogens (tertiary/aromatic N) is 2. The zero-order valence-electron chi connectivity index (χ0n) is 14.5. The average Bonchev–Trinajstić information content (AvgIpc) is 2.84. The van der Waals surface area contributed by atoms with E-state index in [9.17, 15) is 14.0 Å². The first-order valence-electron chi connectivity index (χ1n) is 8.28. The fourth-order valence-corrected chi connectivity index (χ4v) is 2.83. The molecule has 0 atom stereocenters. The zero-order valence-corrected chi connectivity index (χ0v) is 14.5. The van der Waals surface area contributed by atoms with Crippen LogP contribution in [0.15, 0.2) is 30.9 Å². The Labute approximate surface area is 147 Å². The number of carbonyl (C=O) groups excluding carboxylic acids is 2. The lowest BCUT2D eigenvalue weighted by Crippen LogP contribution is -2.40. The molecule has 1 heterocycles. The van der Waals surface area contributed by atoms with Crippen LogP contribution in [-0.4, -0.2) is 68.0 Å². The summed E-state index contributed by atoms with van der Waals surface area (Å²) in [6.07, 6.45) is 2.38. The quantitative estimate of drug-likeness (QED) is 0.786. The molecule has 0 aliphatic carbocycles. The third-order valence-corrected chi connectivity index (χ3v) is 4.09. The molecule has 0 bridgehead atoms. The van der Waals surface area contributed by atoms with E-state index in [2.05, 4.69) is 11.9 Å². The van der Waals surface area contributed by atoms with Gasteiger partial charge in [-0.2, -0.15) is 0 Å². The van der Waals surface area contributed by atoms with Gasteiger partial charge in [-0.25, -0.2) is 4.39 Å². The molecule has 0 saturated carbocycles. The van der Waals surface area contributed by atoms with E-state index in [1.54, 1.807) is 17.0 Å². The number of ether oxygens (including phenoxy) is 1. The second kappa shape index (κ2) is 9.17. The van der Waals surface area contributed by atoms with Gasteiger partial charge in [0.05, 0.1) is 19.2 Å². The third kappa shape index (κ3) is 5.03. The Morgan fingerprint density at radius 2 is 2.12 bits per heavy atom. The maximum atomic E-state index is 13.8. The number of carbonyl (C=O) groups is 2. The van der Waals surface area contributed by atoms with Gasteiger partial charge in [0.25, 0.3) is 5.91 Å². The number of benzene rings is 1. The van der Waals surface area contributed by atoms with Crippen LogP contribution >= 0.6 is 0 Å².